The summed E-state index contributed by atoms with van der Waals surface area (Å²) in [6.07, 6.45) is 2.76. The molecule has 4 amide bonds. The minimum absolute atomic E-state index is 0.411. The number of benzene rings is 1. The molecular weight excluding hydrogens is 374 g/mol. The maximum Gasteiger partial charge on any atom is 0.344 e. The summed E-state index contributed by atoms with van der Waals surface area (Å²) in [5.41, 5.74) is 4.28. The van der Waals surface area contributed by atoms with E-state index in [1.54, 1.807) is 13.8 Å². The smallest absolute Gasteiger partial charge is 0.344 e. The predicted octanol–water partition coefficient (Wildman–Crippen LogP) is 2.30. The number of hydrogen-bond donors (Lipinski definition) is 2. The zero-order chi connectivity index (χ0) is 21.3. The summed E-state index contributed by atoms with van der Waals surface area (Å²) in [6.45, 7) is 7.05. The zero-order valence-electron chi connectivity index (χ0n) is 17.3. The first-order valence-corrected chi connectivity index (χ1v) is 9.84. The summed E-state index contributed by atoms with van der Waals surface area (Å²) in [5.74, 6) is -1.32. The molecule has 1 heterocycles. The van der Waals surface area contributed by atoms with E-state index in [1.165, 1.54) is 0 Å². The summed E-state index contributed by atoms with van der Waals surface area (Å²) in [5, 5.41) is 3.42. The van der Waals surface area contributed by atoms with Crippen molar-refractivity contribution in [1.82, 2.24) is 15.8 Å². The Bertz CT molecular complexity index is 848. The summed E-state index contributed by atoms with van der Waals surface area (Å²) < 4.78 is 5.10. The van der Waals surface area contributed by atoms with E-state index in [0.29, 0.717) is 29.3 Å². The van der Waals surface area contributed by atoms with Gasteiger partial charge in [-0.1, -0.05) is 24.6 Å². The highest BCUT2D eigenvalue weighted by atomic mass is 16.5. The second-order valence-electron chi connectivity index (χ2n) is 8.22. The van der Waals surface area contributed by atoms with E-state index in [9.17, 15) is 19.2 Å². The topological polar surface area (TPSA) is 105 Å². The first-order valence-electron chi connectivity index (χ1n) is 9.84. The molecule has 1 aromatic rings. The van der Waals surface area contributed by atoms with Crippen molar-refractivity contribution in [3.05, 3.63) is 34.4 Å². The second-order valence-corrected chi connectivity index (χ2v) is 8.22. The summed E-state index contributed by atoms with van der Waals surface area (Å²) in [6, 6.07) is 3.07. The van der Waals surface area contributed by atoms with Crippen LogP contribution in [0.25, 0.3) is 0 Å². The van der Waals surface area contributed by atoms with Crippen molar-refractivity contribution in [3.8, 4) is 0 Å². The molecule has 0 bridgehead atoms. The van der Waals surface area contributed by atoms with E-state index in [0.717, 1.165) is 29.5 Å². The number of hydrogen-bond acceptors (Lipinski definition) is 5. The van der Waals surface area contributed by atoms with Gasteiger partial charge in [-0.05, 0) is 63.5 Å². The Morgan fingerprint density at radius 1 is 1.17 bits per heavy atom. The molecule has 29 heavy (non-hydrogen) atoms. The Kier molecular flexibility index (Phi) is 5.64. The Hall–Kier alpha value is -2.90. The van der Waals surface area contributed by atoms with E-state index in [-0.39, 0.29) is 0 Å². The molecule has 1 aliphatic heterocycles. The highest BCUT2D eigenvalue weighted by molar-refractivity contribution is 6.08. The summed E-state index contributed by atoms with van der Waals surface area (Å²) in [7, 11) is 0. The number of rotatable bonds is 4. The fourth-order valence-corrected chi connectivity index (χ4v) is 4.18. The molecule has 1 aliphatic carbocycles. The maximum atomic E-state index is 12.7. The minimum atomic E-state index is -0.941. The van der Waals surface area contributed by atoms with Gasteiger partial charge in [0.25, 0.3) is 11.8 Å². The van der Waals surface area contributed by atoms with Gasteiger partial charge in [-0.25, -0.2) is 9.59 Å². The Balaban J connectivity index is 1.59. The lowest BCUT2D eigenvalue weighted by Gasteiger charge is -2.33. The predicted molar refractivity (Wildman–Crippen MR) is 105 cm³/mol. The quantitative estimate of drug-likeness (QED) is 0.595. The first-order chi connectivity index (χ1) is 13.6. The monoisotopic (exact) mass is 401 g/mol. The molecule has 0 aromatic heterocycles. The average molecular weight is 401 g/mol. The average Bonchev–Trinajstić information content (AvgIpc) is 2.86. The highest BCUT2D eigenvalue weighted by Gasteiger charge is 2.52. The van der Waals surface area contributed by atoms with Gasteiger partial charge in [0.15, 0.2) is 6.61 Å². The van der Waals surface area contributed by atoms with Crippen molar-refractivity contribution in [1.29, 1.82) is 0 Å². The van der Waals surface area contributed by atoms with Crippen molar-refractivity contribution in [2.75, 3.05) is 6.61 Å². The molecule has 1 aromatic carbocycles. The van der Waals surface area contributed by atoms with Gasteiger partial charge in [-0.3, -0.25) is 15.0 Å². The largest absolute Gasteiger partial charge is 0.452 e. The van der Waals surface area contributed by atoms with E-state index in [1.807, 2.05) is 19.1 Å². The third-order valence-electron chi connectivity index (χ3n) is 5.74. The SMILES string of the molecule is Cc1cc(C)c(C(=O)OCC(=O)NN2C(=O)NC3(CCC(C)CC3)C2=O)c(C)c1. The number of carbonyl (C=O) groups is 4. The molecule has 8 heteroatoms. The van der Waals surface area contributed by atoms with E-state index in [4.69, 9.17) is 4.74 Å². The van der Waals surface area contributed by atoms with E-state index >= 15 is 0 Å². The van der Waals surface area contributed by atoms with Crippen molar-refractivity contribution in [2.45, 2.75) is 58.9 Å². The molecule has 1 saturated heterocycles. The Labute approximate surface area is 169 Å². The van der Waals surface area contributed by atoms with Crippen molar-refractivity contribution >= 4 is 23.8 Å². The number of amides is 4. The number of ether oxygens (including phenoxy) is 1. The van der Waals surface area contributed by atoms with Gasteiger partial charge in [-0.2, -0.15) is 5.01 Å². The van der Waals surface area contributed by atoms with Gasteiger partial charge in [0, 0.05) is 0 Å². The third kappa shape index (κ3) is 4.11. The second kappa shape index (κ2) is 7.85. The maximum absolute atomic E-state index is 12.7. The van der Waals surface area contributed by atoms with Crippen LogP contribution in [0, 0.1) is 26.7 Å². The lowest BCUT2D eigenvalue weighted by Crippen LogP contribution is -2.52. The minimum Gasteiger partial charge on any atom is -0.452 e. The van der Waals surface area contributed by atoms with Crippen molar-refractivity contribution in [3.63, 3.8) is 0 Å². The number of carbonyl (C=O) groups excluding carboxylic acids is 4. The number of imide groups is 1. The van der Waals surface area contributed by atoms with Crippen LogP contribution in [-0.4, -0.2) is 41.0 Å². The van der Waals surface area contributed by atoms with Crippen LogP contribution in [0.5, 0.6) is 0 Å². The fraction of sp³-hybridized carbons (Fsp3) is 0.524. The lowest BCUT2D eigenvalue weighted by atomic mass is 9.77. The standard InChI is InChI=1S/C21H27N3O5/c1-12-5-7-21(8-6-12)19(27)24(20(28)22-21)23-16(25)11-29-18(26)17-14(3)9-13(2)10-15(17)4/h9-10,12H,5-8,11H2,1-4H3,(H,22,28)(H,23,25). The van der Waals surface area contributed by atoms with Gasteiger partial charge in [0.05, 0.1) is 5.56 Å². The van der Waals surface area contributed by atoms with E-state index in [2.05, 4.69) is 17.7 Å². The molecule has 156 valence electrons. The molecule has 2 fully saturated rings. The highest BCUT2D eigenvalue weighted by Crippen LogP contribution is 2.35. The number of nitrogens with zero attached hydrogens (tertiary/aromatic N) is 1. The molecule has 0 radical (unpaired) electrons. The van der Waals surface area contributed by atoms with Crippen LogP contribution >= 0.6 is 0 Å². The number of aryl methyl sites for hydroxylation is 3. The number of esters is 1. The fourth-order valence-electron chi connectivity index (χ4n) is 4.18. The van der Waals surface area contributed by atoms with Gasteiger partial charge in [0.1, 0.15) is 5.54 Å². The molecule has 1 spiro atoms. The van der Waals surface area contributed by atoms with Crippen LogP contribution < -0.4 is 10.7 Å². The molecule has 2 aliphatic rings. The van der Waals surface area contributed by atoms with Crippen LogP contribution in [0.4, 0.5) is 4.79 Å². The molecule has 3 rings (SSSR count). The van der Waals surface area contributed by atoms with Crippen LogP contribution in [0.15, 0.2) is 12.1 Å². The third-order valence-corrected chi connectivity index (χ3v) is 5.74. The van der Waals surface area contributed by atoms with Gasteiger partial charge in [0.2, 0.25) is 0 Å². The van der Waals surface area contributed by atoms with Gasteiger partial charge in [-0.15, -0.1) is 0 Å². The summed E-state index contributed by atoms with van der Waals surface area (Å²) >= 11 is 0. The Morgan fingerprint density at radius 2 is 1.76 bits per heavy atom. The lowest BCUT2D eigenvalue weighted by molar-refractivity contribution is -0.141. The van der Waals surface area contributed by atoms with Gasteiger partial charge < -0.3 is 10.1 Å². The molecule has 0 unspecified atom stereocenters. The van der Waals surface area contributed by atoms with Gasteiger partial charge >= 0.3 is 12.0 Å². The molecule has 1 saturated carbocycles. The first kappa shape index (κ1) is 20.8. The molecule has 0 atom stereocenters. The van der Waals surface area contributed by atoms with Crippen LogP contribution in [0.3, 0.4) is 0 Å². The van der Waals surface area contributed by atoms with Crippen LogP contribution in [0.2, 0.25) is 0 Å². The van der Waals surface area contributed by atoms with Crippen LogP contribution in [-0.2, 0) is 14.3 Å². The van der Waals surface area contributed by atoms with Crippen molar-refractivity contribution < 1.29 is 23.9 Å². The van der Waals surface area contributed by atoms with E-state index < -0.39 is 36.0 Å². The number of nitrogens with one attached hydrogen (secondary N) is 2. The molecular formula is C21H27N3O5. The summed E-state index contributed by atoms with van der Waals surface area (Å²) in [4.78, 5) is 49.6. The normalized spacial score (nSPS) is 23.9. The molecule has 2 N–H and O–H groups in total. The zero-order valence-corrected chi connectivity index (χ0v) is 17.3. The number of urea groups is 1. The van der Waals surface area contributed by atoms with Crippen molar-refractivity contribution in [2.24, 2.45) is 5.92 Å². The molecule has 8 nitrogen and oxygen atoms in total. The Morgan fingerprint density at radius 3 is 2.34 bits per heavy atom. The van der Waals surface area contributed by atoms with Crippen LogP contribution in [0.1, 0.15) is 59.7 Å². The number of hydrazine groups is 1.